The first kappa shape index (κ1) is 12.0. The van der Waals surface area contributed by atoms with Gasteiger partial charge in [-0.1, -0.05) is 27.7 Å². The quantitative estimate of drug-likeness (QED) is 0.742. The van der Waals surface area contributed by atoms with Crippen molar-refractivity contribution in [2.75, 3.05) is 0 Å². The Morgan fingerprint density at radius 3 is 2.33 bits per heavy atom. The SMILES string of the molecule is O=P(OF)(OF)Oc1ccccc1CF. The van der Waals surface area contributed by atoms with Crippen molar-refractivity contribution in [3.05, 3.63) is 29.8 Å². The number of phosphoric acid groups is 1. The Kier molecular flexibility index (Phi) is 4.14. The molecule has 0 bridgehead atoms. The number of rotatable bonds is 5. The van der Waals surface area contributed by atoms with Gasteiger partial charge in [0.1, 0.15) is 12.4 Å². The molecule has 1 rings (SSSR count). The molecule has 0 amide bonds. The monoisotopic (exact) mass is 242 g/mol. The largest absolute Gasteiger partial charge is 0.593 e. The van der Waals surface area contributed by atoms with E-state index in [2.05, 4.69) is 14.0 Å². The van der Waals surface area contributed by atoms with E-state index in [0.717, 1.165) is 0 Å². The fourth-order valence-corrected chi connectivity index (χ4v) is 1.36. The lowest BCUT2D eigenvalue weighted by atomic mass is 10.2. The first-order valence-corrected chi connectivity index (χ1v) is 5.15. The van der Waals surface area contributed by atoms with Crippen LogP contribution in [-0.2, 0) is 20.7 Å². The Balaban J connectivity index is 2.93. The molecule has 0 N–H and O–H groups in total. The van der Waals surface area contributed by atoms with Crippen molar-refractivity contribution >= 4 is 7.82 Å². The molecule has 0 aliphatic carbocycles. The lowest BCUT2D eigenvalue weighted by Crippen LogP contribution is -1.96. The molecule has 0 radical (unpaired) electrons. The lowest BCUT2D eigenvalue weighted by Gasteiger charge is -2.10. The van der Waals surface area contributed by atoms with Gasteiger partial charge in [0.25, 0.3) is 0 Å². The molecule has 0 heterocycles. The summed E-state index contributed by atoms with van der Waals surface area (Å²) >= 11 is 0. The molecule has 1 aromatic rings. The van der Waals surface area contributed by atoms with E-state index in [0.29, 0.717) is 0 Å². The van der Waals surface area contributed by atoms with Gasteiger partial charge in [-0.05, 0) is 15.1 Å². The van der Waals surface area contributed by atoms with E-state index < -0.39 is 14.5 Å². The summed E-state index contributed by atoms with van der Waals surface area (Å²) in [5.74, 6) is -0.321. The number of hydrogen-bond acceptors (Lipinski definition) is 4. The molecule has 0 aromatic heterocycles. The van der Waals surface area contributed by atoms with Crippen LogP contribution in [0.3, 0.4) is 0 Å². The average Bonchev–Trinajstić information content (AvgIpc) is 2.29. The third-order valence-electron chi connectivity index (χ3n) is 1.50. The van der Waals surface area contributed by atoms with Gasteiger partial charge in [0.15, 0.2) is 0 Å². The summed E-state index contributed by atoms with van der Waals surface area (Å²) < 4.78 is 56.1. The van der Waals surface area contributed by atoms with Crippen molar-refractivity contribution in [3.8, 4) is 5.75 Å². The Labute approximate surface area is 83.0 Å². The molecule has 8 heteroatoms. The first-order chi connectivity index (χ1) is 7.15. The predicted molar refractivity (Wildman–Crippen MR) is 43.9 cm³/mol. The Hall–Kier alpha value is -1.04. The van der Waals surface area contributed by atoms with Crippen LogP contribution >= 0.6 is 7.82 Å². The van der Waals surface area contributed by atoms with E-state index in [1.54, 1.807) is 0 Å². The summed E-state index contributed by atoms with van der Waals surface area (Å²) in [5.41, 5.74) is -0.0353. The zero-order valence-corrected chi connectivity index (χ0v) is 8.13. The maximum absolute atomic E-state index is 12.3. The molecule has 0 spiro atoms. The minimum absolute atomic E-state index is 0.0353. The molecule has 0 unspecified atom stereocenters. The summed E-state index contributed by atoms with van der Waals surface area (Å²) in [5, 5.41) is 0. The van der Waals surface area contributed by atoms with Gasteiger partial charge in [0.05, 0.1) is 0 Å². The maximum atomic E-state index is 12.3. The fourth-order valence-electron chi connectivity index (χ4n) is 0.863. The van der Waals surface area contributed by atoms with E-state index in [-0.39, 0.29) is 11.3 Å². The van der Waals surface area contributed by atoms with Crippen molar-refractivity contribution in [2.45, 2.75) is 6.67 Å². The number of benzene rings is 1. The fraction of sp³-hybridized carbons (Fsp3) is 0.143. The summed E-state index contributed by atoms with van der Waals surface area (Å²) in [6.45, 7) is -0.950. The second kappa shape index (κ2) is 5.16. The highest BCUT2D eigenvalue weighted by molar-refractivity contribution is 7.48. The molecule has 4 nitrogen and oxygen atoms in total. The minimum atomic E-state index is -4.94. The molecule has 0 saturated carbocycles. The highest BCUT2D eigenvalue weighted by Crippen LogP contribution is 2.50. The van der Waals surface area contributed by atoms with E-state index in [1.807, 2.05) is 0 Å². The van der Waals surface area contributed by atoms with Gasteiger partial charge in [-0.15, -0.1) is 0 Å². The first-order valence-electron chi connectivity index (χ1n) is 3.69. The summed E-state index contributed by atoms with van der Waals surface area (Å²) in [6, 6.07) is 5.32. The van der Waals surface area contributed by atoms with Crippen molar-refractivity contribution in [3.63, 3.8) is 0 Å². The molecule has 0 saturated heterocycles. The van der Waals surface area contributed by atoms with Crippen molar-refractivity contribution < 1.29 is 32.0 Å². The Morgan fingerprint density at radius 1 is 1.20 bits per heavy atom. The predicted octanol–water partition coefficient (Wildman–Crippen LogP) is 3.45. The van der Waals surface area contributed by atoms with Gasteiger partial charge >= 0.3 is 7.82 Å². The smallest absolute Gasteiger partial charge is 0.400 e. The van der Waals surface area contributed by atoms with Crippen molar-refractivity contribution in [1.82, 2.24) is 0 Å². The second-order valence-corrected chi connectivity index (χ2v) is 3.77. The molecular weight excluding hydrogens is 236 g/mol. The molecule has 15 heavy (non-hydrogen) atoms. The zero-order valence-electron chi connectivity index (χ0n) is 7.23. The molecule has 84 valence electrons. The number of hydrogen-bond donors (Lipinski definition) is 0. The molecule has 0 atom stereocenters. The van der Waals surface area contributed by atoms with Crippen LogP contribution in [0.15, 0.2) is 24.3 Å². The summed E-state index contributed by atoms with van der Waals surface area (Å²) in [4.78, 5) is 0. The molecular formula is C7H6F3O4P. The average molecular weight is 242 g/mol. The van der Waals surface area contributed by atoms with E-state index >= 15 is 0 Å². The van der Waals surface area contributed by atoms with E-state index in [4.69, 9.17) is 0 Å². The highest BCUT2D eigenvalue weighted by Gasteiger charge is 2.32. The van der Waals surface area contributed by atoms with Gasteiger partial charge in [-0.25, -0.2) is 8.96 Å². The van der Waals surface area contributed by atoms with Gasteiger partial charge in [-0.3, -0.25) is 0 Å². The number of halogens is 3. The topological polar surface area (TPSA) is 44.8 Å². The van der Waals surface area contributed by atoms with Crippen molar-refractivity contribution in [1.29, 1.82) is 0 Å². The van der Waals surface area contributed by atoms with Gasteiger partial charge < -0.3 is 4.52 Å². The molecule has 1 aromatic carbocycles. The van der Waals surface area contributed by atoms with Crippen LogP contribution < -0.4 is 4.52 Å². The van der Waals surface area contributed by atoms with Crippen LogP contribution in [0.2, 0.25) is 0 Å². The summed E-state index contributed by atoms with van der Waals surface area (Å²) in [7, 11) is -4.94. The minimum Gasteiger partial charge on any atom is -0.400 e. The number of para-hydroxylation sites is 1. The van der Waals surface area contributed by atoms with Crippen LogP contribution in [0.5, 0.6) is 5.75 Å². The van der Waals surface area contributed by atoms with Crippen LogP contribution in [0.25, 0.3) is 0 Å². The van der Waals surface area contributed by atoms with Crippen LogP contribution in [0, 0.1) is 0 Å². The third-order valence-corrected chi connectivity index (χ3v) is 2.25. The van der Waals surface area contributed by atoms with Crippen LogP contribution in [-0.4, -0.2) is 0 Å². The van der Waals surface area contributed by atoms with Crippen LogP contribution in [0.1, 0.15) is 5.56 Å². The maximum Gasteiger partial charge on any atom is 0.593 e. The van der Waals surface area contributed by atoms with E-state index in [9.17, 15) is 18.0 Å². The van der Waals surface area contributed by atoms with Gasteiger partial charge in [0, 0.05) is 5.56 Å². The number of alkyl halides is 1. The van der Waals surface area contributed by atoms with Crippen LogP contribution in [0.4, 0.5) is 13.4 Å². The molecule has 0 fully saturated rings. The van der Waals surface area contributed by atoms with Crippen molar-refractivity contribution in [2.24, 2.45) is 0 Å². The Bertz CT molecular complexity index is 365. The second-order valence-electron chi connectivity index (χ2n) is 2.42. The lowest BCUT2D eigenvalue weighted by molar-refractivity contribution is -0.107. The highest BCUT2D eigenvalue weighted by atomic mass is 31.2. The molecule has 0 aliphatic heterocycles. The zero-order chi connectivity index (χ0) is 11.3. The normalized spacial score (nSPS) is 11.4. The van der Waals surface area contributed by atoms with Gasteiger partial charge in [0.2, 0.25) is 0 Å². The van der Waals surface area contributed by atoms with Gasteiger partial charge in [-0.2, -0.15) is 0 Å². The van der Waals surface area contributed by atoms with E-state index in [1.165, 1.54) is 24.3 Å². The third kappa shape index (κ3) is 2.95. The Morgan fingerprint density at radius 2 is 1.80 bits per heavy atom. The molecule has 0 aliphatic rings. The summed E-state index contributed by atoms with van der Waals surface area (Å²) in [6.07, 6.45) is 0. The standard InChI is InChI=1S/C7H6F3O4P/c8-5-6-3-1-2-4-7(6)12-15(11,13-9)14-10/h1-4H,5H2.